The number of hydrogen-bond acceptors (Lipinski definition) is 4. The minimum atomic E-state index is -0.683. The van der Waals surface area contributed by atoms with Gasteiger partial charge in [0.2, 0.25) is 0 Å². The van der Waals surface area contributed by atoms with Gasteiger partial charge in [0.1, 0.15) is 11.5 Å². The Morgan fingerprint density at radius 1 is 1.50 bits per heavy atom. The van der Waals surface area contributed by atoms with Gasteiger partial charge in [0, 0.05) is 6.54 Å². The van der Waals surface area contributed by atoms with Crippen LogP contribution in [-0.2, 0) is 4.79 Å². The second-order valence-corrected chi connectivity index (χ2v) is 5.68. The van der Waals surface area contributed by atoms with Gasteiger partial charge in [-0.05, 0) is 48.2 Å². The molecule has 2 rings (SSSR count). The molecule has 0 bridgehead atoms. The summed E-state index contributed by atoms with van der Waals surface area (Å²) in [4.78, 5) is 23.9. The van der Waals surface area contributed by atoms with E-state index in [1.165, 1.54) is 13.0 Å². The average molecular weight is 345 g/mol. The first-order valence-electron chi connectivity index (χ1n) is 6.32. The predicted octanol–water partition coefficient (Wildman–Crippen LogP) is 3.44. The number of carbonyl (C=O) groups excluding carboxylic acids is 1. The van der Waals surface area contributed by atoms with E-state index in [2.05, 4.69) is 15.9 Å². The molecule has 1 aromatic carbocycles. The zero-order chi connectivity index (χ0) is 14.9. The maximum atomic E-state index is 13.5. The van der Waals surface area contributed by atoms with Gasteiger partial charge in [-0.15, -0.1) is 0 Å². The quantitative estimate of drug-likeness (QED) is 0.622. The minimum Gasteiger partial charge on any atom is -0.356 e. The fourth-order valence-electron chi connectivity index (χ4n) is 2.54. The molecule has 0 spiro atoms. The monoisotopic (exact) mass is 344 g/mol. The Morgan fingerprint density at radius 3 is 2.80 bits per heavy atom. The molecular weight excluding hydrogens is 331 g/mol. The van der Waals surface area contributed by atoms with E-state index in [0.29, 0.717) is 18.7 Å². The third kappa shape index (κ3) is 2.82. The summed E-state index contributed by atoms with van der Waals surface area (Å²) in [6, 6.07) is 1.90. The lowest BCUT2D eigenvalue weighted by molar-refractivity contribution is -0.384. The Kier molecular flexibility index (Phi) is 4.37. The molecule has 0 saturated carbocycles. The number of hydrogen-bond donors (Lipinski definition) is 0. The number of rotatable bonds is 3. The Bertz CT molecular complexity index is 565. The van der Waals surface area contributed by atoms with E-state index in [0.717, 1.165) is 18.9 Å². The van der Waals surface area contributed by atoms with Gasteiger partial charge in [0.05, 0.1) is 21.5 Å². The molecule has 1 fully saturated rings. The van der Waals surface area contributed by atoms with E-state index in [9.17, 15) is 19.3 Å². The van der Waals surface area contributed by atoms with E-state index < -0.39 is 10.7 Å². The molecule has 1 unspecified atom stereocenters. The zero-order valence-electron chi connectivity index (χ0n) is 10.9. The van der Waals surface area contributed by atoms with Crippen molar-refractivity contribution in [3.05, 3.63) is 32.5 Å². The van der Waals surface area contributed by atoms with Crippen molar-refractivity contribution < 1.29 is 14.1 Å². The number of nitro groups is 1. The number of ketones is 1. The van der Waals surface area contributed by atoms with Gasteiger partial charge in [-0.1, -0.05) is 0 Å². The fraction of sp³-hybridized carbons (Fsp3) is 0.462. The molecule has 20 heavy (non-hydrogen) atoms. The number of Topliss-reactive ketones (excluding diaryl/α,β-unsaturated/α-hetero) is 1. The van der Waals surface area contributed by atoms with Crippen LogP contribution in [0.25, 0.3) is 0 Å². The summed E-state index contributed by atoms with van der Waals surface area (Å²) in [5, 5.41) is 11.1. The molecule has 1 heterocycles. The Hall–Kier alpha value is -1.50. The maximum absolute atomic E-state index is 13.5. The van der Waals surface area contributed by atoms with Crippen LogP contribution in [0.4, 0.5) is 15.8 Å². The third-order valence-corrected chi connectivity index (χ3v) is 4.10. The molecule has 1 saturated heterocycles. The minimum absolute atomic E-state index is 0.0283. The number of carbonyl (C=O) groups is 1. The molecule has 0 aliphatic carbocycles. The normalized spacial score (nSPS) is 18.9. The first-order valence-corrected chi connectivity index (χ1v) is 7.11. The van der Waals surface area contributed by atoms with Crippen LogP contribution in [0.15, 0.2) is 16.6 Å². The van der Waals surface area contributed by atoms with Gasteiger partial charge < -0.3 is 4.90 Å². The number of piperidine rings is 1. The number of halogens is 2. The molecule has 0 amide bonds. The van der Waals surface area contributed by atoms with Gasteiger partial charge in [-0.25, -0.2) is 4.39 Å². The number of anilines is 1. The van der Waals surface area contributed by atoms with E-state index in [-0.39, 0.29) is 22.0 Å². The van der Waals surface area contributed by atoms with Gasteiger partial charge in [-0.3, -0.25) is 14.9 Å². The summed E-state index contributed by atoms with van der Waals surface area (Å²) in [7, 11) is 0. The molecule has 1 aromatic rings. The Balaban J connectivity index is 2.51. The Labute approximate surface area is 124 Å². The summed E-state index contributed by atoms with van der Waals surface area (Å²) >= 11 is 3.04. The molecule has 5 nitrogen and oxygen atoms in total. The third-order valence-electron chi connectivity index (χ3n) is 3.50. The van der Waals surface area contributed by atoms with Crippen LogP contribution < -0.4 is 4.90 Å². The van der Waals surface area contributed by atoms with Crippen molar-refractivity contribution >= 4 is 33.1 Å². The Morgan fingerprint density at radius 2 is 2.20 bits per heavy atom. The summed E-state index contributed by atoms with van der Waals surface area (Å²) in [5.74, 6) is -0.712. The molecule has 0 radical (unpaired) electrons. The standard InChI is InChI=1S/C13H14BrFN2O3/c1-8(18)11-4-2-3-5-16(11)12-6-9(14)10(15)7-13(12)17(19)20/h6-7,11H,2-5H2,1H3. The summed E-state index contributed by atoms with van der Waals surface area (Å²) in [5.41, 5.74) is -0.0120. The second kappa shape index (κ2) is 5.87. The van der Waals surface area contributed by atoms with Crippen molar-refractivity contribution in [3.63, 3.8) is 0 Å². The average Bonchev–Trinajstić information content (AvgIpc) is 2.41. The fourth-order valence-corrected chi connectivity index (χ4v) is 2.88. The summed E-state index contributed by atoms with van der Waals surface area (Å²) in [6.45, 7) is 2.04. The van der Waals surface area contributed by atoms with E-state index in [1.54, 1.807) is 4.90 Å². The van der Waals surface area contributed by atoms with Crippen LogP contribution in [0.3, 0.4) is 0 Å². The van der Waals surface area contributed by atoms with E-state index in [4.69, 9.17) is 0 Å². The summed E-state index contributed by atoms with van der Waals surface area (Å²) < 4.78 is 13.7. The van der Waals surface area contributed by atoms with Crippen LogP contribution in [0.2, 0.25) is 0 Å². The number of nitrogens with zero attached hydrogens (tertiary/aromatic N) is 2. The van der Waals surface area contributed by atoms with Crippen LogP contribution in [0.5, 0.6) is 0 Å². The maximum Gasteiger partial charge on any atom is 0.295 e. The van der Waals surface area contributed by atoms with Gasteiger partial charge in [0.15, 0.2) is 5.78 Å². The lowest BCUT2D eigenvalue weighted by Gasteiger charge is -2.35. The van der Waals surface area contributed by atoms with Crippen LogP contribution in [0, 0.1) is 15.9 Å². The first-order chi connectivity index (χ1) is 9.41. The zero-order valence-corrected chi connectivity index (χ0v) is 12.5. The first kappa shape index (κ1) is 14.9. The van der Waals surface area contributed by atoms with Crippen molar-refractivity contribution in [1.82, 2.24) is 0 Å². The van der Waals surface area contributed by atoms with Crippen LogP contribution in [0.1, 0.15) is 26.2 Å². The van der Waals surface area contributed by atoms with E-state index in [1.807, 2.05) is 0 Å². The van der Waals surface area contributed by atoms with Crippen molar-refractivity contribution in [2.45, 2.75) is 32.2 Å². The van der Waals surface area contributed by atoms with E-state index >= 15 is 0 Å². The number of benzene rings is 1. The molecule has 108 valence electrons. The largest absolute Gasteiger partial charge is 0.356 e. The molecular formula is C13H14BrFN2O3. The number of nitro benzene ring substituents is 1. The van der Waals surface area contributed by atoms with Gasteiger partial charge in [0.25, 0.3) is 5.69 Å². The molecule has 0 N–H and O–H groups in total. The topological polar surface area (TPSA) is 63.5 Å². The second-order valence-electron chi connectivity index (χ2n) is 4.83. The van der Waals surface area contributed by atoms with Gasteiger partial charge >= 0.3 is 0 Å². The van der Waals surface area contributed by atoms with Crippen LogP contribution in [-0.4, -0.2) is 23.3 Å². The van der Waals surface area contributed by atoms with Crippen molar-refractivity contribution in [2.75, 3.05) is 11.4 Å². The molecule has 1 aliphatic heterocycles. The predicted molar refractivity (Wildman–Crippen MR) is 76.4 cm³/mol. The molecule has 0 aromatic heterocycles. The van der Waals surface area contributed by atoms with Crippen molar-refractivity contribution in [2.24, 2.45) is 0 Å². The highest BCUT2D eigenvalue weighted by molar-refractivity contribution is 9.10. The SMILES string of the molecule is CC(=O)C1CCCCN1c1cc(Br)c(F)cc1[N+](=O)[O-]. The van der Waals surface area contributed by atoms with Crippen molar-refractivity contribution in [3.8, 4) is 0 Å². The molecule has 1 aliphatic rings. The molecule has 1 atom stereocenters. The smallest absolute Gasteiger partial charge is 0.295 e. The van der Waals surface area contributed by atoms with Crippen LogP contribution >= 0.6 is 15.9 Å². The lowest BCUT2D eigenvalue weighted by Crippen LogP contribution is -2.44. The van der Waals surface area contributed by atoms with Gasteiger partial charge in [-0.2, -0.15) is 0 Å². The molecule has 7 heteroatoms. The highest BCUT2D eigenvalue weighted by Gasteiger charge is 2.31. The summed E-state index contributed by atoms with van der Waals surface area (Å²) in [6.07, 6.45) is 2.44. The lowest BCUT2D eigenvalue weighted by atomic mass is 9.98. The van der Waals surface area contributed by atoms with Crippen molar-refractivity contribution in [1.29, 1.82) is 0 Å². The highest BCUT2D eigenvalue weighted by atomic mass is 79.9. The highest BCUT2D eigenvalue weighted by Crippen LogP contribution is 2.36.